The third-order valence-electron chi connectivity index (χ3n) is 3.27. The summed E-state index contributed by atoms with van der Waals surface area (Å²) in [6.07, 6.45) is 0. The van der Waals surface area contributed by atoms with Gasteiger partial charge in [-0.15, -0.1) is 0 Å². The Morgan fingerprint density at radius 1 is 1.45 bits per heavy atom. The number of amides is 1. The summed E-state index contributed by atoms with van der Waals surface area (Å²) in [5, 5.41) is 11.1. The van der Waals surface area contributed by atoms with Gasteiger partial charge in [0.05, 0.1) is 11.5 Å². The lowest BCUT2D eigenvalue weighted by molar-refractivity contribution is -0.385. The highest BCUT2D eigenvalue weighted by atomic mass is 16.6. The zero-order valence-electron chi connectivity index (χ0n) is 13.5. The van der Waals surface area contributed by atoms with E-state index in [0.29, 0.717) is 19.7 Å². The van der Waals surface area contributed by atoms with Crippen LogP contribution in [0.25, 0.3) is 0 Å². The highest BCUT2D eigenvalue weighted by Gasteiger charge is 2.24. The van der Waals surface area contributed by atoms with Gasteiger partial charge in [-0.1, -0.05) is 13.8 Å². The maximum Gasteiger partial charge on any atom is 0.311 e. The van der Waals surface area contributed by atoms with Crippen LogP contribution in [0.1, 0.15) is 31.1 Å². The molecule has 0 spiro atoms. The molecule has 2 N–H and O–H groups in total. The largest absolute Gasteiger partial charge is 0.487 e. The van der Waals surface area contributed by atoms with Crippen LogP contribution in [0.3, 0.4) is 0 Å². The van der Waals surface area contributed by atoms with Crippen molar-refractivity contribution < 1.29 is 14.5 Å². The maximum absolute atomic E-state index is 12.4. The number of carbonyl (C=O) groups excluding carboxylic acids is 1. The van der Waals surface area contributed by atoms with Crippen molar-refractivity contribution in [2.24, 2.45) is 11.1 Å². The molecule has 0 radical (unpaired) electrons. The molecule has 7 nitrogen and oxygen atoms in total. The van der Waals surface area contributed by atoms with Crippen LogP contribution in [-0.2, 0) is 0 Å². The Bertz CT molecular complexity index is 558. The minimum atomic E-state index is -0.550. The Kier molecular flexibility index (Phi) is 5.87. The van der Waals surface area contributed by atoms with Crippen molar-refractivity contribution in [2.75, 3.05) is 26.7 Å². The number of ether oxygens (including phenoxy) is 1. The van der Waals surface area contributed by atoms with Gasteiger partial charge in [-0.2, -0.15) is 0 Å². The molecular weight excluding hydrogens is 286 g/mol. The number of nitro benzene ring substituents is 1. The van der Waals surface area contributed by atoms with Crippen LogP contribution < -0.4 is 10.5 Å². The average Bonchev–Trinajstić information content (AvgIpc) is 2.46. The van der Waals surface area contributed by atoms with Crippen molar-refractivity contribution in [3.05, 3.63) is 33.9 Å². The van der Waals surface area contributed by atoms with Crippen LogP contribution >= 0.6 is 0 Å². The first kappa shape index (κ1) is 17.9. The van der Waals surface area contributed by atoms with Crippen molar-refractivity contribution in [1.29, 1.82) is 0 Å². The van der Waals surface area contributed by atoms with Crippen molar-refractivity contribution in [3.63, 3.8) is 0 Å². The summed E-state index contributed by atoms with van der Waals surface area (Å²) in [4.78, 5) is 24.5. The Labute approximate surface area is 130 Å². The standard InChI is InChI=1S/C15H23N3O4/c1-5-22-13-7-6-11(8-12(13)18(20)21)14(19)17(4)10-15(2,3)9-16/h6-8H,5,9-10,16H2,1-4H3. The van der Waals surface area contributed by atoms with Gasteiger partial charge >= 0.3 is 5.69 Å². The molecule has 0 heterocycles. The Morgan fingerprint density at radius 2 is 2.09 bits per heavy atom. The molecule has 0 saturated carbocycles. The van der Waals surface area contributed by atoms with Crippen LogP contribution in [-0.4, -0.2) is 42.5 Å². The number of nitro groups is 1. The van der Waals surface area contributed by atoms with Crippen molar-refractivity contribution >= 4 is 11.6 Å². The van der Waals surface area contributed by atoms with Gasteiger partial charge in [0.25, 0.3) is 5.91 Å². The van der Waals surface area contributed by atoms with Crippen molar-refractivity contribution in [3.8, 4) is 5.75 Å². The van der Waals surface area contributed by atoms with Crippen LogP contribution in [0.5, 0.6) is 5.75 Å². The summed E-state index contributed by atoms with van der Waals surface area (Å²) in [5.74, 6) is -0.123. The number of rotatable bonds is 7. The first-order valence-electron chi connectivity index (χ1n) is 7.08. The molecule has 0 fully saturated rings. The molecule has 0 aromatic heterocycles. The molecule has 0 aliphatic heterocycles. The lowest BCUT2D eigenvalue weighted by Gasteiger charge is -2.29. The van der Waals surface area contributed by atoms with Crippen molar-refractivity contribution in [2.45, 2.75) is 20.8 Å². The van der Waals surface area contributed by atoms with E-state index in [1.807, 2.05) is 13.8 Å². The summed E-state index contributed by atoms with van der Waals surface area (Å²) < 4.78 is 5.21. The minimum absolute atomic E-state index is 0.161. The van der Waals surface area contributed by atoms with E-state index < -0.39 is 4.92 Å². The molecule has 1 aromatic carbocycles. The van der Waals surface area contributed by atoms with E-state index in [4.69, 9.17) is 10.5 Å². The number of carbonyl (C=O) groups is 1. The van der Waals surface area contributed by atoms with Crippen LogP contribution in [0.4, 0.5) is 5.69 Å². The van der Waals surface area contributed by atoms with Gasteiger partial charge in [-0.3, -0.25) is 14.9 Å². The quantitative estimate of drug-likeness (QED) is 0.614. The number of nitrogens with two attached hydrogens (primary N) is 1. The third-order valence-corrected chi connectivity index (χ3v) is 3.27. The summed E-state index contributed by atoms with van der Waals surface area (Å²) in [5.41, 5.74) is 5.49. The van der Waals surface area contributed by atoms with E-state index >= 15 is 0 Å². The van der Waals surface area contributed by atoms with Gasteiger partial charge in [0.15, 0.2) is 5.75 Å². The molecule has 0 bridgehead atoms. The summed E-state index contributed by atoms with van der Waals surface area (Å²) in [6, 6.07) is 4.24. The summed E-state index contributed by atoms with van der Waals surface area (Å²) in [7, 11) is 1.65. The molecule has 1 aromatic rings. The van der Waals surface area contributed by atoms with Gasteiger partial charge in [0, 0.05) is 25.2 Å². The van der Waals surface area contributed by atoms with Gasteiger partial charge in [0.1, 0.15) is 0 Å². The predicted molar refractivity (Wildman–Crippen MR) is 84.1 cm³/mol. The van der Waals surface area contributed by atoms with E-state index in [0.717, 1.165) is 0 Å². The van der Waals surface area contributed by atoms with E-state index in [9.17, 15) is 14.9 Å². The number of hydrogen-bond donors (Lipinski definition) is 1. The molecule has 1 amide bonds. The molecule has 0 aliphatic carbocycles. The summed E-state index contributed by atoms with van der Waals surface area (Å²) in [6.45, 7) is 6.87. The number of benzene rings is 1. The van der Waals surface area contributed by atoms with Crippen LogP contribution in [0.15, 0.2) is 18.2 Å². The number of nitrogens with zero attached hydrogens (tertiary/aromatic N) is 2. The van der Waals surface area contributed by atoms with E-state index in [-0.39, 0.29) is 28.3 Å². The molecule has 7 heteroatoms. The monoisotopic (exact) mass is 309 g/mol. The van der Waals surface area contributed by atoms with Gasteiger partial charge in [-0.05, 0) is 31.0 Å². The third kappa shape index (κ3) is 4.42. The second kappa shape index (κ2) is 7.22. The molecule has 0 unspecified atom stereocenters. The summed E-state index contributed by atoms with van der Waals surface area (Å²) >= 11 is 0. The van der Waals surface area contributed by atoms with E-state index in [1.54, 1.807) is 14.0 Å². The highest BCUT2D eigenvalue weighted by molar-refractivity contribution is 5.95. The predicted octanol–water partition coefficient (Wildman–Crippen LogP) is 2.05. The second-order valence-electron chi connectivity index (χ2n) is 5.90. The molecule has 1 rings (SSSR count). The fourth-order valence-corrected chi connectivity index (χ4v) is 2.07. The first-order valence-corrected chi connectivity index (χ1v) is 7.08. The smallest absolute Gasteiger partial charge is 0.311 e. The minimum Gasteiger partial charge on any atom is -0.487 e. The fraction of sp³-hybridized carbons (Fsp3) is 0.533. The molecular formula is C15H23N3O4. The lowest BCUT2D eigenvalue weighted by Crippen LogP contribution is -2.39. The number of hydrogen-bond acceptors (Lipinski definition) is 5. The lowest BCUT2D eigenvalue weighted by atomic mass is 9.93. The average molecular weight is 309 g/mol. The normalized spacial score (nSPS) is 11.1. The van der Waals surface area contributed by atoms with E-state index in [1.165, 1.54) is 23.1 Å². The van der Waals surface area contributed by atoms with Crippen LogP contribution in [0, 0.1) is 15.5 Å². The molecule has 0 atom stereocenters. The Balaban J connectivity index is 3.03. The topological polar surface area (TPSA) is 98.7 Å². The maximum atomic E-state index is 12.4. The Hall–Kier alpha value is -2.15. The highest BCUT2D eigenvalue weighted by Crippen LogP contribution is 2.28. The van der Waals surface area contributed by atoms with Gasteiger partial charge in [0.2, 0.25) is 0 Å². The van der Waals surface area contributed by atoms with Crippen LogP contribution in [0.2, 0.25) is 0 Å². The zero-order chi connectivity index (χ0) is 16.9. The molecule has 0 saturated heterocycles. The molecule has 22 heavy (non-hydrogen) atoms. The first-order chi connectivity index (χ1) is 10.2. The van der Waals surface area contributed by atoms with E-state index in [2.05, 4.69) is 0 Å². The SMILES string of the molecule is CCOc1ccc(C(=O)N(C)CC(C)(C)CN)cc1[N+](=O)[O-]. The van der Waals surface area contributed by atoms with Crippen molar-refractivity contribution in [1.82, 2.24) is 4.90 Å². The second-order valence-corrected chi connectivity index (χ2v) is 5.90. The zero-order valence-corrected chi connectivity index (χ0v) is 13.5. The van der Waals surface area contributed by atoms with Gasteiger partial charge in [-0.25, -0.2) is 0 Å². The van der Waals surface area contributed by atoms with Gasteiger partial charge < -0.3 is 15.4 Å². The Morgan fingerprint density at radius 3 is 2.59 bits per heavy atom. The fourth-order valence-electron chi connectivity index (χ4n) is 2.07. The molecule has 0 aliphatic rings. The molecule has 122 valence electrons.